The van der Waals surface area contributed by atoms with Crippen LogP contribution in [0.1, 0.15) is 48.1 Å². The predicted molar refractivity (Wildman–Crippen MR) is 131 cm³/mol. The number of amides is 1. The standard InChI is InChI=1S/C28H27NO5/c1-16(2)21-15-22(17(3)14-23(21)34-4)26(31)24-25(18-10-12-20(30)13-11-18)29(28(33)27(24)32)19-8-6-5-7-9-19/h5-16,25,30-31H,1-4H3/b26-24+. The monoisotopic (exact) mass is 457 g/mol. The summed E-state index contributed by atoms with van der Waals surface area (Å²) in [5.41, 5.74) is 3.21. The number of aromatic hydroxyl groups is 1. The molecule has 3 aromatic rings. The average molecular weight is 458 g/mol. The number of phenolic OH excluding ortho intramolecular Hbond substituents is 1. The van der Waals surface area contributed by atoms with Crippen LogP contribution in [-0.2, 0) is 9.59 Å². The number of carbonyl (C=O) groups is 2. The van der Waals surface area contributed by atoms with Gasteiger partial charge in [0.2, 0.25) is 0 Å². The van der Waals surface area contributed by atoms with Crippen molar-refractivity contribution in [1.29, 1.82) is 0 Å². The molecule has 1 heterocycles. The number of nitrogens with zero attached hydrogens (tertiary/aromatic N) is 1. The number of benzene rings is 3. The molecule has 0 saturated carbocycles. The lowest BCUT2D eigenvalue weighted by Crippen LogP contribution is -2.29. The maximum Gasteiger partial charge on any atom is 0.300 e. The number of hydrogen-bond donors (Lipinski definition) is 2. The first kappa shape index (κ1) is 23.1. The molecule has 1 aliphatic rings. The van der Waals surface area contributed by atoms with Gasteiger partial charge >= 0.3 is 0 Å². The van der Waals surface area contributed by atoms with Crippen molar-refractivity contribution in [2.45, 2.75) is 32.7 Å². The number of para-hydroxylation sites is 1. The van der Waals surface area contributed by atoms with E-state index < -0.39 is 17.7 Å². The van der Waals surface area contributed by atoms with E-state index in [0.717, 1.165) is 5.56 Å². The van der Waals surface area contributed by atoms with Gasteiger partial charge in [-0.2, -0.15) is 0 Å². The molecular weight excluding hydrogens is 430 g/mol. The van der Waals surface area contributed by atoms with Gasteiger partial charge < -0.3 is 14.9 Å². The highest BCUT2D eigenvalue weighted by Crippen LogP contribution is 2.43. The summed E-state index contributed by atoms with van der Waals surface area (Å²) >= 11 is 0. The Morgan fingerprint density at radius 3 is 2.24 bits per heavy atom. The van der Waals surface area contributed by atoms with Crippen LogP contribution in [0.2, 0.25) is 0 Å². The van der Waals surface area contributed by atoms with Gasteiger partial charge in [-0.05, 0) is 65.9 Å². The van der Waals surface area contributed by atoms with E-state index >= 15 is 0 Å². The normalized spacial score (nSPS) is 17.4. The number of phenols is 1. The van der Waals surface area contributed by atoms with E-state index in [0.29, 0.717) is 28.1 Å². The molecule has 1 unspecified atom stereocenters. The van der Waals surface area contributed by atoms with Crippen LogP contribution < -0.4 is 9.64 Å². The Labute approximate surface area is 198 Å². The van der Waals surface area contributed by atoms with Gasteiger partial charge in [0.1, 0.15) is 17.3 Å². The lowest BCUT2D eigenvalue weighted by molar-refractivity contribution is -0.132. The average Bonchev–Trinajstić information content (AvgIpc) is 3.09. The number of methoxy groups -OCH3 is 1. The van der Waals surface area contributed by atoms with Crippen LogP contribution in [0.3, 0.4) is 0 Å². The lowest BCUT2D eigenvalue weighted by Gasteiger charge is -2.25. The summed E-state index contributed by atoms with van der Waals surface area (Å²) in [5, 5.41) is 21.3. The molecule has 0 spiro atoms. The second kappa shape index (κ2) is 9.06. The topological polar surface area (TPSA) is 87.1 Å². The number of carbonyl (C=O) groups excluding carboxylic acids is 2. The van der Waals surface area contributed by atoms with Crippen LogP contribution in [-0.4, -0.2) is 29.0 Å². The van der Waals surface area contributed by atoms with Crippen molar-refractivity contribution in [3.8, 4) is 11.5 Å². The summed E-state index contributed by atoms with van der Waals surface area (Å²) in [7, 11) is 1.59. The highest BCUT2D eigenvalue weighted by Gasteiger charge is 2.47. The fourth-order valence-electron chi connectivity index (χ4n) is 4.39. The summed E-state index contributed by atoms with van der Waals surface area (Å²) in [6.07, 6.45) is 0. The molecule has 0 radical (unpaired) electrons. The number of aliphatic hydroxyl groups is 1. The molecular formula is C28H27NO5. The summed E-state index contributed by atoms with van der Waals surface area (Å²) in [6.45, 7) is 5.86. The van der Waals surface area contributed by atoms with E-state index in [2.05, 4.69) is 0 Å². The third kappa shape index (κ3) is 3.92. The zero-order chi connectivity index (χ0) is 24.6. The first-order valence-corrected chi connectivity index (χ1v) is 11.1. The van der Waals surface area contributed by atoms with Crippen molar-refractivity contribution in [2.75, 3.05) is 12.0 Å². The number of aryl methyl sites for hydroxylation is 1. The molecule has 174 valence electrons. The lowest BCUT2D eigenvalue weighted by atomic mass is 9.91. The SMILES string of the molecule is COc1cc(C)c(/C(O)=C2\C(=O)C(=O)N(c3ccccc3)C2c2ccc(O)cc2)cc1C(C)C. The zero-order valence-corrected chi connectivity index (χ0v) is 19.6. The molecule has 1 atom stereocenters. The number of Topliss-reactive ketones (excluding diaryl/α,β-unsaturated/α-hetero) is 1. The van der Waals surface area contributed by atoms with E-state index in [1.807, 2.05) is 39.0 Å². The molecule has 0 aromatic heterocycles. The Morgan fingerprint density at radius 1 is 1.00 bits per heavy atom. The third-order valence-corrected chi connectivity index (χ3v) is 6.14. The molecule has 3 aromatic carbocycles. The van der Waals surface area contributed by atoms with Crippen LogP contribution in [0.4, 0.5) is 5.69 Å². The first-order chi connectivity index (χ1) is 16.2. The van der Waals surface area contributed by atoms with Crippen LogP contribution in [0, 0.1) is 6.92 Å². The van der Waals surface area contributed by atoms with Crippen molar-refractivity contribution in [2.24, 2.45) is 0 Å². The van der Waals surface area contributed by atoms with Gasteiger partial charge in [0.05, 0.1) is 18.7 Å². The van der Waals surface area contributed by atoms with Crippen LogP contribution in [0.5, 0.6) is 11.5 Å². The van der Waals surface area contributed by atoms with Crippen LogP contribution in [0.25, 0.3) is 5.76 Å². The zero-order valence-electron chi connectivity index (χ0n) is 19.6. The minimum Gasteiger partial charge on any atom is -0.508 e. The summed E-state index contributed by atoms with van der Waals surface area (Å²) in [6, 6.07) is 18.0. The molecule has 2 N–H and O–H groups in total. The van der Waals surface area contributed by atoms with Gasteiger partial charge in [0.15, 0.2) is 0 Å². The van der Waals surface area contributed by atoms with Gasteiger partial charge in [-0.15, -0.1) is 0 Å². The highest BCUT2D eigenvalue weighted by atomic mass is 16.5. The minimum atomic E-state index is -0.855. The second-order valence-electron chi connectivity index (χ2n) is 8.66. The molecule has 0 bridgehead atoms. The van der Waals surface area contributed by atoms with E-state index in [-0.39, 0.29) is 23.0 Å². The van der Waals surface area contributed by atoms with Gasteiger partial charge in [0, 0.05) is 11.3 Å². The number of hydrogen-bond acceptors (Lipinski definition) is 5. The molecule has 0 aliphatic carbocycles. The first-order valence-electron chi connectivity index (χ1n) is 11.1. The second-order valence-corrected chi connectivity index (χ2v) is 8.66. The molecule has 1 fully saturated rings. The Morgan fingerprint density at radius 2 is 1.65 bits per heavy atom. The maximum atomic E-state index is 13.3. The minimum absolute atomic E-state index is 0.00233. The molecule has 4 rings (SSSR count). The van der Waals surface area contributed by atoms with Gasteiger partial charge in [0.25, 0.3) is 11.7 Å². The molecule has 1 amide bonds. The van der Waals surface area contributed by atoms with Crippen molar-refractivity contribution in [3.63, 3.8) is 0 Å². The van der Waals surface area contributed by atoms with Crippen LogP contribution >= 0.6 is 0 Å². The molecule has 34 heavy (non-hydrogen) atoms. The summed E-state index contributed by atoms with van der Waals surface area (Å²) in [4.78, 5) is 27.9. The Kier molecular flexibility index (Phi) is 6.16. The smallest absolute Gasteiger partial charge is 0.300 e. The van der Waals surface area contributed by atoms with E-state index in [1.54, 1.807) is 43.5 Å². The Balaban J connectivity index is 1.98. The highest BCUT2D eigenvalue weighted by molar-refractivity contribution is 6.51. The number of aliphatic hydroxyl groups excluding tert-OH is 1. The molecule has 6 nitrogen and oxygen atoms in total. The van der Waals surface area contributed by atoms with Crippen molar-refractivity contribution in [1.82, 2.24) is 0 Å². The van der Waals surface area contributed by atoms with Crippen molar-refractivity contribution in [3.05, 3.63) is 94.6 Å². The van der Waals surface area contributed by atoms with Crippen molar-refractivity contribution < 1.29 is 24.5 Å². The number of ether oxygens (including phenoxy) is 1. The molecule has 6 heteroatoms. The van der Waals surface area contributed by atoms with Gasteiger partial charge in [-0.25, -0.2) is 0 Å². The molecule has 1 aliphatic heterocycles. The van der Waals surface area contributed by atoms with Crippen molar-refractivity contribution >= 4 is 23.1 Å². The number of ketones is 1. The predicted octanol–water partition coefficient (Wildman–Crippen LogP) is 5.46. The quantitative estimate of drug-likeness (QED) is 0.302. The summed E-state index contributed by atoms with van der Waals surface area (Å²) in [5.74, 6) is -0.850. The summed E-state index contributed by atoms with van der Waals surface area (Å²) < 4.78 is 5.51. The van der Waals surface area contributed by atoms with E-state index in [9.17, 15) is 19.8 Å². The number of rotatable bonds is 5. The molecule has 1 saturated heterocycles. The van der Waals surface area contributed by atoms with E-state index in [4.69, 9.17) is 4.74 Å². The third-order valence-electron chi connectivity index (χ3n) is 6.14. The fraction of sp³-hybridized carbons (Fsp3) is 0.214. The van der Waals surface area contributed by atoms with E-state index in [1.165, 1.54) is 17.0 Å². The van der Waals surface area contributed by atoms with Gasteiger partial charge in [-0.1, -0.05) is 44.2 Å². The van der Waals surface area contributed by atoms with Gasteiger partial charge in [-0.3, -0.25) is 14.5 Å². The maximum absolute atomic E-state index is 13.3. The Hall–Kier alpha value is -4.06. The number of anilines is 1. The Bertz CT molecular complexity index is 1280. The fourth-order valence-corrected chi connectivity index (χ4v) is 4.39. The largest absolute Gasteiger partial charge is 0.508 e. The van der Waals surface area contributed by atoms with Crippen LogP contribution in [0.15, 0.2) is 72.3 Å².